The van der Waals surface area contributed by atoms with Crippen molar-refractivity contribution in [1.82, 2.24) is 4.90 Å². The summed E-state index contributed by atoms with van der Waals surface area (Å²) in [6.45, 7) is 0.367. The van der Waals surface area contributed by atoms with Gasteiger partial charge in [-0.25, -0.2) is 0 Å². The molecule has 23 heavy (non-hydrogen) atoms. The molecule has 4 heteroatoms. The van der Waals surface area contributed by atoms with Gasteiger partial charge in [0.25, 0.3) is 0 Å². The summed E-state index contributed by atoms with van der Waals surface area (Å²) >= 11 is 0. The Labute approximate surface area is 136 Å². The largest absolute Gasteiger partial charge is 0.497 e. The summed E-state index contributed by atoms with van der Waals surface area (Å²) in [7, 11) is 1.62. The maximum absolute atomic E-state index is 12.9. The fraction of sp³-hybridized carbons (Fsp3) is 0.316. The van der Waals surface area contributed by atoms with Gasteiger partial charge in [0.1, 0.15) is 5.75 Å². The minimum atomic E-state index is -0.494. The van der Waals surface area contributed by atoms with Crippen molar-refractivity contribution in [2.24, 2.45) is 5.92 Å². The molecule has 120 valence electrons. The van der Waals surface area contributed by atoms with Crippen molar-refractivity contribution in [3.63, 3.8) is 0 Å². The van der Waals surface area contributed by atoms with Crippen LogP contribution in [-0.2, 0) is 4.79 Å². The number of nitrogens with zero attached hydrogens (tertiary/aromatic N) is 1. The maximum Gasteiger partial charge on any atom is 0.233 e. The van der Waals surface area contributed by atoms with Gasteiger partial charge in [0.15, 0.2) is 0 Å². The summed E-state index contributed by atoms with van der Waals surface area (Å²) in [4.78, 5) is 14.7. The molecule has 0 bridgehead atoms. The number of ether oxygens (including phenoxy) is 1. The Kier molecular flexibility index (Phi) is 4.63. The van der Waals surface area contributed by atoms with E-state index in [0.717, 1.165) is 11.3 Å². The molecule has 0 aromatic heterocycles. The molecule has 1 fully saturated rings. The zero-order chi connectivity index (χ0) is 16.2. The number of carbonyl (C=O) groups excluding carboxylic acids is 1. The van der Waals surface area contributed by atoms with Gasteiger partial charge >= 0.3 is 0 Å². The number of aliphatic hydroxyl groups excluding tert-OH is 1. The number of benzene rings is 1. The minimum Gasteiger partial charge on any atom is -0.497 e. The van der Waals surface area contributed by atoms with E-state index in [-0.39, 0.29) is 17.9 Å². The zero-order valence-corrected chi connectivity index (χ0v) is 13.1. The molecular weight excluding hydrogens is 290 g/mol. The fourth-order valence-electron chi connectivity index (χ4n) is 3.14. The van der Waals surface area contributed by atoms with E-state index in [0.29, 0.717) is 13.0 Å². The van der Waals surface area contributed by atoms with Crippen LogP contribution >= 0.6 is 0 Å². The van der Waals surface area contributed by atoms with Crippen LogP contribution in [-0.4, -0.2) is 35.7 Å². The smallest absolute Gasteiger partial charge is 0.233 e. The maximum atomic E-state index is 12.9. The first-order valence-electron chi connectivity index (χ1n) is 7.83. The average molecular weight is 311 g/mol. The van der Waals surface area contributed by atoms with Gasteiger partial charge in [-0.15, -0.1) is 0 Å². The first-order chi connectivity index (χ1) is 11.2. The normalized spacial score (nSPS) is 24.0. The van der Waals surface area contributed by atoms with Crippen molar-refractivity contribution in [3.05, 3.63) is 66.3 Å². The molecule has 0 radical (unpaired) electrons. The summed E-state index contributed by atoms with van der Waals surface area (Å²) in [5.74, 6) is 0.490. The van der Waals surface area contributed by atoms with Crippen LogP contribution in [0.4, 0.5) is 0 Å². The summed E-state index contributed by atoms with van der Waals surface area (Å²) in [5, 5.41) is 10.1. The zero-order valence-electron chi connectivity index (χ0n) is 13.1. The highest BCUT2D eigenvalue weighted by molar-refractivity contribution is 5.83. The average Bonchev–Trinajstić information content (AvgIpc) is 2.79. The molecule has 2 atom stereocenters. The van der Waals surface area contributed by atoms with Crippen LogP contribution in [0.5, 0.6) is 5.75 Å². The van der Waals surface area contributed by atoms with E-state index < -0.39 is 6.10 Å². The van der Waals surface area contributed by atoms with E-state index in [1.54, 1.807) is 12.0 Å². The Hall–Kier alpha value is -2.33. The number of allylic oxidation sites excluding steroid dienone is 4. The molecule has 1 aromatic carbocycles. The Morgan fingerprint density at radius 3 is 2.65 bits per heavy atom. The third-order valence-electron chi connectivity index (χ3n) is 4.30. The monoisotopic (exact) mass is 311 g/mol. The molecule has 1 aromatic rings. The molecule has 0 spiro atoms. The molecule has 1 saturated heterocycles. The Morgan fingerprint density at radius 2 is 1.96 bits per heavy atom. The third kappa shape index (κ3) is 3.37. The van der Waals surface area contributed by atoms with Crippen LogP contribution < -0.4 is 4.74 Å². The van der Waals surface area contributed by atoms with Gasteiger partial charge in [-0.05, 0) is 24.1 Å². The SMILES string of the molecule is COc1cccc(C2CC(O)CN2C(=O)C2C=CC=CC=C2)c1. The molecule has 0 saturated carbocycles. The molecule has 2 aliphatic rings. The Balaban J connectivity index is 1.85. The van der Waals surface area contributed by atoms with Crippen LogP contribution in [0.3, 0.4) is 0 Å². The van der Waals surface area contributed by atoms with E-state index in [1.807, 2.05) is 60.7 Å². The summed E-state index contributed by atoms with van der Waals surface area (Å²) in [6, 6.07) is 7.58. The second-order valence-corrected chi connectivity index (χ2v) is 5.85. The van der Waals surface area contributed by atoms with Crippen molar-refractivity contribution in [2.75, 3.05) is 13.7 Å². The van der Waals surface area contributed by atoms with Gasteiger partial charge in [-0.3, -0.25) is 4.79 Å². The lowest BCUT2D eigenvalue weighted by molar-refractivity contribution is -0.134. The number of carbonyl (C=O) groups is 1. The predicted molar refractivity (Wildman–Crippen MR) is 89.0 cm³/mol. The van der Waals surface area contributed by atoms with Gasteiger partial charge in [0.2, 0.25) is 5.91 Å². The van der Waals surface area contributed by atoms with Crippen molar-refractivity contribution < 1.29 is 14.6 Å². The lowest BCUT2D eigenvalue weighted by Crippen LogP contribution is -2.35. The highest BCUT2D eigenvalue weighted by Gasteiger charge is 2.37. The standard InChI is InChI=1S/C19H21NO3/c1-23-17-10-6-9-15(11-17)18-12-16(21)13-20(18)19(22)14-7-4-2-3-5-8-14/h2-11,14,16,18,21H,12-13H2,1H3. The van der Waals surface area contributed by atoms with Crippen LogP contribution in [0.15, 0.2) is 60.7 Å². The topological polar surface area (TPSA) is 49.8 Å². The van der Waals surface area contributed by atoms with E-state index in [2.05, 4.69) is 0 Å². The van der Waals surface area contributed by atoms with E-state index in [9.17, 15) is 9.90 Å². The lowest BCUT2D eigenvalue weighted by atomic mass is 10.0. The Bertz CT molecular complexity index is 646. The van der Waals surface area contributed by atoms with Gasteiger partial charge in [-0.2, -0.15) is 0 Å². The highest BCUT2D eigenvalue weighted by atomic mass is 16.5. The molecule has 3 rings (SSSR count). The molecule has 2 unspecified atom stereocenters. The highest BCUT2D eigenvalue weighted by Crippen LogP contribution is 2.35. The third-order valence-corrected chi connectivity index (χ3v) is 4.30. The van der Waals surface area contributed by atoms with Crippen LogP contribution in [0, 0.1) is 5.92 Å². The molecule has 1 N–H and O–H groups in total. The predicted octanol–water partition coefficient (Wildman–Crippen LogP) is 2.63. The van der Waals surface area contributed by atoms with Gasteiger partial charge in [0, 0.05) is 6.54 Å². The molecule has 1 amide bonds. The molecule has 4 nitrogen and oxygen atoms in total. The van der Waals surface area contributed by atoms with E-state index >= 15 is 0 Å². The number of hydrogen-bond acceptors (Lipinski definition) is 3. The fourth-order valence-corrected chi connectivity index (χ4v) is 3.14. The molecule has 1 aliphatic carbocycles. The first kappa shape index (κ1) is 15.6. The molecule has 1 aliphatic heterocycles. The summed E-state index contributed by atoms with van der Waals surface area (Å²) in [5.41, 5.74) is 0.994. The van der Waals surface area contributed by atoms with Crippen molar-refractivity contribution in [1.29, 1.82) is 0 Å². The number of β-amino-alcohol motifs (C(OH)–C–C–N with tert-alkyl or cyclic N) is 1. The number of rotatable bonds is 3. The second kappa shape index (κ2) is 6.84. The Morgan fingerprint density at radius 1 is 1.22 bits per heavy atom. The van der Waals surface area contributed by atoms with E-state index in [1.165, 1.54) is 0 Å². The number of likely N-dealkylation sites (tertiary alicyclic amines) is 1. The summed E-state index contributed by atoms with van der Waals surface area (Å²) in [6.07, 6.45) is 11.4. The number of amides is 1. The molecule has 1 heterocycles. The number of hydrogen-bond donors (Lipinski definition) is 1. The van der Waals surface area contributed by atoms with Gasteiger partial charge in [-0.1, -0.05) is 48.6 Å². The molecular formula is C19H21NO3. The second-order valence-electron chi connectivity index (χ2n) is 5.85. The minimum absolute atomic E-state index is 0.0190. The summed E-state index contributed by atoms with van der Waals surface area (Å²) < 4.78 is 5.27. The van der Waals surface area contributed by atoms with Gasteiger partial charge in [0.05, 0.1) is 25.2 Å². The number of aliphatic hydroxyl groups is 1. The van der Waals surface area contributed by atoms with Crippen molar-refractivity contribution >= 4 is 5.91 Å². The first-order valence-corrected chi connectivity index (χ1v) is 7.83. The van der Waals surface area contributed by atoms with Crippen molar-refractivity contribution in [3.8, 4) is 5.75 Å². The van der Waals surface area contributed by atoms with Crippen molar-refractivity contribution in [2.45, 2.75) is 18.6 Å². The van der Waals surface area contributed by atoms with Gasteiger partial charge < -0.3 is 14.7 Å². The van der Waals surface area contributed by atoms with Crippen LogP contribution in [0.1, 0.15) is 18.0 Å². The number of methoxy groups -OCH3 is 1. The quantitative estimate of drug-likeness (QED) is 0.933. The van der Waals surface area contributed by atoms with E-state index in [4.69, 9.17) is 4.74 Å². The van der Waals surface area contributed by atoms with Crippen LogP contribution in [0.25, 0.3) is 0 Å². The van der Waals surface area contributed by atoms with Crippen LogP contribution in [0.2, 0.25) is 0 Å². The lowest BCUT2D eigenvalue weighted by Gasteiger charge is -2.27.